The Bertz CT molecular complexity index is 417. The summed E-state index contributed by atoms with van der Waals surface area (Å²) < 4.78 is 10.3. The van der Waals surface area contributed by atoms with Crippen LogP contribution in [0.3, 0.4) is 0 Å². The van der Waals surface area contributed by atoms with Crippen LogP contribution in [0.2, 0.25) is 0 Å². The van der Waals surface area contributed by atoms with Crippen molar-refractivity contribution in [3.63, 3.8) is 0 Å². The van der Waals surface area contributed by atoms with Gasteiger partial charge in [0, 0.05) is 13.1 Å². The van der Waals surface area contributed by atoms with Crippen LogP contribution < -0.4 is 0 Å². The number of carbonyl (C=O) groups is 2. The Morgan fingerprint density at radius 3 is 2.09 bits per heavy atom. The van der Waals surface area contributed by atoms with Crippen LogP contribution in [-0.4, -0.2) is 42.8 Å². The molecule has 1 aliphatic rings. The van der Waals surface area contributed by atoms with Crippen molar-refractivity contribution in [2.75, 3.05) is 20.2 Å². The third kappa shape index (κ3) is 5.70. The maximum atomic E-state index is 12.1. The predicted molar refractivity (Wildman–Crippen MR) is 90.1 cm³/mol. The van der Waals surface area contributed by atoms with Gasteiger partial charge in [-0.25, -0.2) is 4.79 Å². The fourth-order valence-corrected chi connectivity index (χ4v) is 2.94. The van der Waals surface area contributed by atoms with Gasteiger partial charge in [0.2, 0.25) is 0 Å². The van der Waals surface area contributed by atoms with Crippen molar-refractivity contribution in [2.45, 2.75) is 66.4 Å². The number of esters is 1. The molecule has 5 heteroatoms. The van der Waals surface area contributed by atoms with E-state index >= 15 is 0 Å². The van der Waals surface area contributed by atoms with Gasteiger partial charge < -0.3 is 14.4 Å². The highest BCUT2D eigenvalue weighted by Gasteiger charge is 2.37. The number of nitrogens with zero attached hydrogens (tertiary/aromatic N) is 1. The number of methoxy groups -OCH3 is 1. The minimum atomic E-state index is -0.475. The second-order valence-electron chi connectivity index (χ2n) is 8.26. The first-order valence-electron chi connectivity index (χ1n) is 8.53. The van der Waals surface area contributed by atoms with Crippen molar-refractivity contribution in [3.8, 4) is 0 Å². The van der Waals surface area contributed by atoms with Gasteiger partial charge in [-0.15, -0.1) is 0 Å². The van der Waals surface area contributed by atoms with Gasteiger partial charge >= 0.3 is 12.1 Å². The standard InChI is InChI=1S/C18H33NO4/c1-13(18(5,6)15(20)22-7)12-14-8-10-19(11-9-14)16(21)23-17(2,3)4/h13-14H,8-12H2,1-7H3. The molecule has 1 unspecified atom stereocenters. The summed E-state index contributed by atoms with van der Waals surface area (Å²) in [6.07, 6.45) is 2.67. The van der Waals surface area contributed by atoms with E-state index in [0.717, 1.165) is 32.4 Å². The Balaban J connectivity index is 2.48. The Morgan fingerprint density at radius 2 is 1.65 bits per heavy atom. The molecule has 0 spiro atoms. The van der Waals surface area contributed by atoms with E-state index in [1.165, 1.54) is 7.11 Å². The van der Waals surface area contributed by atoms with Crippen LogP contribution in [0.25, 0.3) is 0 Å². The van der Waals surface area contributed by atoms with Gasteiger partial charge in [0.25, 0.3) is 0 Å². The lowest BCUT2D eigenvalue weighted by atomic mass is 9.74. The molecule has 1 heterocycles. The number of piperidine rings is 1. The van der Waals surface area contributed by atoms with Crippen LogP contribution in [0.5, 0.6) is 0 Å². The molecule has 0 N–H and O–H groups in total. The Morgan fingerprint density at radius 1 is 1.13 bits per heavy atom. The van der Waals surface area contributed by atoms with E-state index in [1.807, 2.05) is 34.6 Å². The molecule has 0 aromatic carbocycles. The summed E-state index contributed by atoms with van der Waals surface area (Å²) in [5, 5.41) is 0. The molecule has 5 nitrogen and oxygen atoms in total. The zero-order chi connectivity index (χ0) is 17.8. The van der Waals surface area contributed by atoms with Crippen LogP contribution >= 0.6 is 0 Å². The van der Waals surface area contributed by atoms with Crippen molar-refractivity contribution in [1.29, 1.82) is 0 Å². The third-order valence-electron chi connectivity index (χ3n) is 4.90. The molecule has 1 amide bonds. The van der Waals surface area contributed by atoms with Crippen LogP contribution in [0, 0.1) is 17.3 Å². The van der Waals surface area contributed by atoms with Gasteiger partial charge in [0.15, 0.2) is 0 Å². The molecule has 134 valence electrons. The van der Waals surface area contributed by atoms with Gasteiger partial charge in [-0.05, 0) is 65.7 Å². The highest BCUT2D eigenvalue weighted by atomic mass is 16.6. The smallest absolute Gasteiger partial charge is 0.410 e. The lowest BCUT2D eigenvalue weighted by molar-refractivity contribution is -0.154. The van der Waals surface area contributed by atoms with E-state index in [4.69, 9.17) is 9.47 Å². The average molecular weight is 327 g/mol. The number of rotatable bonds is 4. The van der Waals surface area contributed by atoms with Gasteiger partial charge in [0.1, 0.15) is 5.60 Å². The number of amides is 1. The number of hydrogen-bond acceptors (Lipinski definition) is 4. The van der Waals surface area contributed by atoms with Gasteiger partial charge in [0.05, 0.1) is 12.5 Å². The summed E-state index contributed by atoms with van der Waals surface area (Å²) in [6.45, 7) is 13.1. The molecule has 1 aliphatic heterocycles. The van der Waals surface area contributed by atoms with Crippen LogP contribution in [0.1, 0.15) is 60.8 Å². The van der Waals surface area contributed by atoms with Crippen molar-refractivity contribution in [3.05, 3.63) is 0 Å². The molecule has 1 fully saturated rings. The summed E-state index contributed by atoms with van der Waals surface area (Å²) in [5.41, 5.74) is -0.927. The lowest BCUT2D eigenvalue weighted by Crippen LogP contribution is -2.42. The zero-order valence-corrected chi connectivity index (χ0v) is 15.8. The topological polar surface area (TPSA) is 55.8 Å². The summed E-state index contributed by atoms with van der Waals surface area (Å²) >= 11 is 0. The quantitative estimate of drug-likeness (QED) is 0.736. The zero-order valence-electron chi connectivity index (χ0n) is 15.8. The molecule has 1 saturated heterocycles. The summed E-state index contributed by atoms with van der Waals surface area (Å²) in [7, 11) is 1.44. The van der Waals surface area contributed by atoms with E-state index < -0.39 is 11.0 Å². The van der Waals surface area contributed by atoms with Crippen LogP contribution in [0.4, 0.5) is 4.79 Å². The van der Waals surface area contributed by atoms with E-state index in [1.54, 1.807) is 4.90 Å². The Kier molecular flexibility index (Phi) is 6.49. The number of ether oxygens (including phenoxy) is 2. The second-order valence-corrected chi connectivity index (χ2v) is 8.26. The van der Waals surface area contributed by atoms with Crippen molar-refractivity contribution >= 4 is 12.1 Å². The minimum Gasteiger partial charge on any atom is -0.469 e. The number of likely N-dealkylation sites (tertiary alicyclic amines) is 1. The molecule has 0 aromatic heterocycles. The first-order valence-corrected chi connectivity index (χ1v) is 8.53. The minimum absolute atomic E-state index is 0.156. The third-order valence-corrected chi connectivity index (χ3v) is 4.90. The summed E-state index contributed by atoms with van der Waals surface area (Å²) in [4.78, 5) is 25.8. The molecule has 0 aliphatic carbocycles. The molecule has 0 bridgehead atoms. The van der Waals surface area contributed by atoms with Crippen molar-refractivity contribution in [2.24, 2.45) is 17.3 Å². The fourth-order valence-electron chi connectivity index (χ4n) is 2.94. The van der Waals surface area contributed by atoms with Crippen LogP contribution in [-0.2, 0) is 14.3 Å². The highest BCUT2D eigenvalue weighted by molar-refractivity contribution is 5.76. The van der Waals surface area contributed by atoms with Crippen molar-refractivity contribution in [1.82, 2.24) is 4.90 Å². The predicted octanol–water partition coefficient (Wildman–Crippen LogP) is 3.86. The normalized spacial score (nSPS) is 18.5. The van der Waals surface area contributed by atoms with Gasteiger partial charge in [-0.1, -0.05) is 6.92 Å². The summed E-state index contributed by atoms with van der Waals surface area (Å²) in [5.74, 6) is 0.622. The second kappa shape index (κ2) is 7.54. The fraction of sp³-hybridized carbons (Fsp3) is 0.889. The van der Waals surface area contributed by atoms with E-state index in [2.05, 4.69) is 6.92 Å². The maximum Gasteiger partial charge on any atom is 0.410 e. The first-order chi connectivity index (χ1) is 10.5. The molecule has 0 saturated carbocycles. The number of carbonyl (C=O) groups excluding carboxylic acids is 2. The van der Waals surface area contributed by atoms with Gasteiger partial charge in [-0.2, -0.15) is 0 Å². The van der Waals surface area contributed by atoms with Crippen LogP contribution in [0.15, 0.2) is 0 Å². The SMILES string of the molecule is COC(=O)C(C)(C)C(C)CC1CCN(C(=O)OC(C)(C)C)CC1. The molecule has 1 rings (SSSR count). The Labute approximate surface area is 140 Å². The lowest BCUT2D eigenvalue weighted by Gasteiger charge is -2.36. The first kappa shape index (κ1) is 19.8. The summed E-state index contributed by atoms with van der Waals surface area (Å²) in [6, 6.07) is 0. The molecular weight excluding hydrogens is 294 g/mol. The average Bonchev–Trinajstić information content (AvgIpc) is 2.45. The van der Waals surface area contributed by atoms with Crippen molar-refractivity contribution < 1.29 is 19.1 Å². The molecular formula is C18H33NO4. The molecule has 1 atom stereocenters. The monoisotopic (exact) mass is 327 g/mol. The van der Waals surface area contributed by atoms with E-state index in [0.29, 0.717) is 5.92 Å². The largest absolute Gasteiger partial charge is 0.469 e. The molecule has 0 radical (unpaired) electrons. The highest BCUT2D eigenvalue weighted by Crippen LogP contribution is 2.35. The molecule has 0 aromatic rings. The maximum absolute atomic E-state index is 12.1. The van der Waals surface area contributed by atoms with E-state index in [-0.39, 0.29) is 18.0 Å². The van der Waals surface area contributed by atoms with Gasteiger partial charge in [-0.3, -0.25) is 4.79 Å². The number of hydrogen-bond donors (Lipinski definition) is 0. The van der Waals surface area contributed by atoms with E-state index in [9.17, 15) is 9.59 Å². The molecule has 23 heavy (non-hydrogen) atoms. The Hall–Kier alpha value is -1.26.